The first-order valence-electron chi connectivity index (χ1n) is 7.36. The van der Waals surface area contributed by atoms with E-state index in [1.54, 1.807) is 0 Å². The molecule has 110 valence electrons. The fourth-order valence-electron chi connectivity index (χ4n) is 2.85. The van der Waals surface area contributed by atoms with Crippen LogP contribution in [0.25, 0.3) is 0 Å². The molecule has 2 aromatic carbocycles. The molecule has 3 rings (SSSR count). The lowest BCUT2D eigenvalue weighted by Gasteiger charge is -2.15. The molecular weight excluding hydrogens is 262 g/mol. The molecule has 21 heavy (non-hydrogen) atoms. The van der Waals surface area contributed by atoms with Crippen molar-refractivity contribution < 1.29 is 4.74 Å². The molecule has 0 amide bonds. The van der Waals surface area contributed by atoms with Crippen LogP contribution in [0, 0.1) is 0 Å². The summed E-state index contributed by atoms with van der Waals surface area (Å²) in [4.78, 5) is 0. The monoisotopic (exact) mass is 283 g/mol. The van der Waals surface area contributed by atoms with Gasteiger partial charge in [0.1, 0.15) is 5.75 Å². The highest BCUT2D eigenvalue weighted by molar-refractivity contribution is 5.49. The highest BCUT2D eigenvalue weighted by atomic mass is 16.5. The third-order valence-corrected chi connectivity index (χ3v) is 3.87. The number of hydrogen-bond donors (Lipinski definition) is 3. The molecule has 1 aliphatic rings. The maximum atomic E-state index is 6.07. The number of nitrogens with one attached hydrogen (secondary N) is 2. The van der Waals surface area contributed by atoms with Gasteiger partial charge in [-0.2, -0.15) is 0 Å². The summed E-state index contributed by atoms with van der Waals surface area (Å²) in [6, 6.07) is 16.6. The lowest BCUT2D eigenvalue weighted by Crippen LogP contribution is -2.27. The molecule has 4 N–H and O–H groups in total. The van der Waals surface area contributed by atoms with Crippen molar-refractivity contribution in [3.63, 3.8) is 0 Å². The third kappa shape index (κ3) is 2.86. The third-order valence-electron chi connectivity index (χ3n) is 3.87. The first kappa shape index (κ1) is 13.9. The van der Waals surface area contributed by atoms with Gasteiger partial charge < -0.3 is 10.5 Å². The molecule has 0 spiro atoms. The van der Waals surface area contributed by atoms with Gasteiger partial charge in [-0.25, -0.2) is 10.9 Å². The van der Waals surface area contributed by atoms with Gasteiger partial charge in [0, 0.05) is 11.3 Å². The number of para-hydroxylation sites is 2. The Hall–Kier alpha value is -2.04. The highest BCUT2D eigenvalue weighted by Gasteiger charge is 2.28. The highest BCUT2D eigenvalue weighted by Crippen LogP contribution is 2.36. The smallest absolute Gasteiger partial charge is 0.124 e. The first-order chi connectivity index (χ1) is 10.3. The predicted molar refractivity (Wildman–Crippen MR) is 84.8 cm³/mol. The second-order valence-corrected chi connectivity index (χ2v) is 5.23. The Balaban J connectivity index is 1.80. The van der Waals surface area contributed by atoms with E-state index in [0.717, 1.165) is 23.4 Å². The number of nitrogen functional groups attached to an aromatic ring is 1. The first-order valence-corrected chi connectivity index (χ1v) is 7.36. The van der Waals surface area contributed by atoms with E-state index in [4.69, 9.17) is 10.5 Å². The molecule has 4 heteroatoms. The Morgan fingerprint density at radius 3 is 2.33 bits per heavy atom. The van der Waals surface area contributed by atoms with Gasteiger partial charge in [0.25, 0.3) is 0 Å². The topological polar surface area (TPSA) is 59.3 Å². The molecule has 1 saturated heterocycles. The molecule has 4 nitrogen and oxygen atoms in total. The number of nitrogens with two attached hydrogens (primary N) is 1. The Labute approximate surface area is 125 Å². The van der Waals surface area contributed by atoms with Gasteiger partial charge in [-0.05, 0) is 31.0 Å². The van der Waals surface area contributed by atoms with Crippen LogP contribution in [0.5, 0.6) is 5.75 Å². The average molecular weight is 283 g/mol. The summed E-state index contributed by atoms with van der Waals surface area (Å²) >= 11 is 0. The van der Waals surface area contributed by atoms with Crippen LogP contribution < -0.4 is 21.3 Å². The number of hydrogen-bond acceptors (Lipinski definition) is 4. The zero-order chi connectivity index (χ0) is 14.7. The van der Waals surface area contributed by atoms with Crippen molar-refractivity contribution in [1.29, 1.82) is 0 Å². The number of ether oxygens (including phenoxy) is 1. The minimum absolute atomic E-state index is 0.214. The van der Waals surface area contributed by atoms with E-state index >= 15 is 0 Å². The molecule has 1 aliphatic heterocycles. The van der Waals surface area contributed by atoms with Crippen molar-refractivity contribution in [3.05, 3.63) is 59.7 Å². The van der Waals surface area contributed by atoms with Crippen molar-refractivity contribution >= 4 is 5.69 Å². The SMILES string of the molecule is CCOc1ccccc1C1CC(c2ccccc2N)NN1. The van der Waals surface area contributed by atoms with E-state index in [2.05, 4.69) is 23.0 Å². The van der Waals surface area contributed by atoms with Crippen LogP contribution >= 0.6 is 0 Å². The predicted octanol–water partition coefficient (Wildman–Crippen LogP) is 2.95. The average Bonchev–Trinajstić information content (AvgIpc) is 2.98. The van der Waals surface area contributed by atoms with Gasteiger partial charge >= 0.3 is 0 Å². The Morgan fingerprint density at radius 2 is 1.62 bits per heavy atom. The van der Waals surface area contributed by atoms with Crippen LogP contribution in [-0.4, -0.2) is 6.61 Å². The molecule has 1 fully saturated rings. The number of hydrazine groups is 1. The summed E-state index contributed by atoms with van der Waals surface area (Å²) in [6.07, 6.45) is 0.943. The number of anilines is 1. The fourth-order valence-corrected chi connectivity index (χ4v) is 2.85. The lowest BCUT2D eigenvalue weighted by atomic mass is 9.96. The minimum atomic E-state index is 0.214. The van der Waals surface area contributed by atoms with Crippen LogP contribution in [0.15, 0.2) is 48.5 Å². The standard InChI is InChI=1S/C17H21N3O/c1-2-21-17-10-6-4-8-13(17)16-11-15(19-20-16)12-7-3-5-9-14(12)18/h3-10,15-16,19-20H,2,11,18H2,1H3. The van der Waals surface area contributed by atoms with Crippen molar-refractivity contribution in [2.24, 2.45) is 0 Å². The van der Waals surface area contributed by atoms with Crippen LogP contribution in [0.1, 0.15) is 36.6 Å². The second-order valence-electron chi connectivity index (χ2n) is 5.23. The molecule has 0 saturated carbocycles. The van der Waals surface area contributed by atoms with E-state index in [1.807, 2.05) is 43.3 Å². The maximum absolute atomic E-state index is 6.07. The van der Waals surface area contributed by atoms with E-state index in [-0.39, 0.29) is 12.1 Å². The quantitative estimate of drug-likeness (QED) is 0.755. The molecule has 2 unspecified atom stereocenters. The number of benzene rings is 2. The van der Waals surface area contributed by atoms with E-state index in [0.29, 0.717) is 6.61 Å². The molecule has 0 aliphatic carbocycles. The van der Waals surface area contributed by atoms with E-state index in [9.17, 15) is 0 Å². The van der Waals surface area contributed by atoms with Gasteiger partial charge in [0.15, 0.2) is 0 Å². The van der Waals surface area contributed by atoms with Gasteiger partial charge in [-0.3, -0.25) is 0 Å². The summed E-state index contributed by atoms with van der Waals surface area (Å²) in [7, 11) is 0. The second kappa shape index (κ2) is 6.16. The normalized spacial score (nSPS) is 21.4. The van der Waals surface area contributed by atoms with E-state index in [1.165, 1.54) is 5.56 Å². The zero-order valence-corrected chi connectivity index (χ0v) is 12.2. The summed E-state index contributed by atoms with van der Waals surface area (Å²) in [6.45, 7) is 2.68. The van der Waals surface area contributed by atoms with Gasteiger partial charge in [0.05, 0.1) is 18.7 Å². The molecule has 0 bridgehead atoms. The summed E-state index contributed by atoms with van der Waals surface area (Å²) in [5, 5.41) is 0. The molecule has 0 radical (unpaired) electrons. The minimum Gasteiger partial charge on any atom is -0.494 e. The maximum Gasteiger partial charge on any atom is 0.124 e. The van der Waals surface area contributed by atoms with E-state index < -0.39 is 0 Å². The molecule has 2 aromatic rings. The fraction of sp³-hybridized carbons (Fsp3) is 0.294. The molecule has 2 atom stereocenters. The van der Waals surface area contributed by atoms with Crippen molar-refractivity contribution in [2.45, 2.75) is 25.4 Å². The molecular formula is C17H21N3O. The zero-order valence-electron chi connectivity index (χ0n) is 12.2. The lowest BCUT2D eigenvalue weighted by molar-refractivity contribution is 0.332. The summed E-state index contributed by atoms with van der Waals surface area (Å²) in [5.41, 5.74) is 15.9. The van der Waals surface area contributed by atoms with Gasteiger partial charge in [-0.15, -0.1) is 0 Å². The Morgan fingerprint density at radius 1 is 1.00 bits per heavy atom. The Bertz CT molecular complexity index is 614. The Kier molecular flexibility index (Phi) is 4.08. The summed E-state index contributed by atoms with van der Waals surface area (Å²) < 4.78 is 5.72. The van der Waals surface area contributed by atoms with Crippen LogP contribution in [-0.2, 0) is 0 Å². The number of rotatable bonds is 4. The van der Waals surface area contributed by atoms with Crippen molar-refractivity contribution in [1.82, 2.24) is 10.9 Å². The van der Waals surface area contributed by atoms with Gasteiger partial charge in [0.2, 0.25) is 0 Å². The van der Waals surface area contributed by atoms with Crippen LogP contribution in [0.3, 0.4) is 0 Å². The van der Waals surface area contributed by atoms with Crippen molar-refractivity contribution in [2.75, 3.05) is 12.3 Å². The molecule has 1 heterocycles. The van der Waals surface area contributed by atoms with Crippen LogP contribution in [0.2, 0.25) is 0 Å². The van der Waals surface area contributed by atoms with Crippen molar-refractivity contribution in [3.8, 4) is 5.75 Å². The molecule has 0 aromatic heterocycles. The van der Waals surface area contributed by atoms with Crippen LogP contribution in [0.4, 0.5) is 5.69 Å². The largest absolute Gasteiger partial charge is 0.494 e. The van der Waals surface area contributed by atoms with Gasteiger partial charge in [-0.1, -0.05) is 36.4 Å². The summed E-state index contributed by atoms with van der Waals surface area (Å²) in [5.74, 6) is 0.945.